The molecular formula is C12H13BrN2O3S. The molecule has 1 heterocycles. The summed E-state index contributed by atoms with van der Waals surface area (Å²) in [6.45, 7) is 0.469. The monoisotopic (exact) mass is 344 g/mol. The Balaban J connectivity index is 2.14. The van der Waals surface area contributed by atoms with Gasteiger partial charge in [-0.2, -0.15) is 0 Å². The van der Waals surface area contributed by atoms with Crippen molar-refractivity contribution in [3.05, 3.63) is 46.8 Å². The minimum atomic E-state index is -3.42. The van der Waals surface area contributed by atoms with Crippen LogP contribution in [-0.2, 0) is 16.6 Å². The van der Waals surface area contributed by atoms with Gasteiger partial charge >= 0.3 is 0 Å². The Hall–Kier alpha value is -1.31. The lowest BCUT2D eigenvalue weighted by molar-refractivity contribution is 0.516. The highest BCUT2D eigenvalue weighted by molar-refractivity contribution is 9.10. The Morgan fingerprint density at radius 1 is 1.32 bits per heavy atom. The molecule has 7 heteroatoms. The van der Waals surface area contributed by atoms with E-state index in [1.165, 1.54) is 7.05 Å². The molecule has 0 spiro atoms. The van der Waals surface area contributed by atoms with Crippen LogP contribution < -0.4 is 10.0 Å². The highest BCUT2D eigenvalue weighted by atomic mass is 79.9. The van der Waals surface area contributed by atoms with E-state index in [4.69, 9.17) is 4.42 Å². The Kier molecular flexibility index (Phi) is 4.28. The lowest BCUT2D eigenvalue weighted by Gasteiger charge is -2.07. The van der Waals surface area contributed by atoms with Crippen LogP contribution in [-0.4, -0.2) is 15.5 Å². The van der Waals surface area contributed by atoms with E-state index in [0.717, 1.165) is 10.2 Å². The average Bonchev–Trinajstić information content (AvgIpc) is 2.82. The average molecular weight is 345 g/mol. The van der Waals surface area contributed by atoms with E-state index in [1.807, 2.05) is 0 Å². The van der Waals surface area contributed by atoms with Crippen molar-refractivity contribution in [2.45, 2.75) is 11.4 Å². The van der Waals surface area contributed by atoms with Crippen molar-refractivity contribution in [2.75, 3.05) is 12.4 Å². The second kappa shape index (κ2) is 5.77. The fourth-order valence-corrected chi connectivity index (χ4v) is 2.64. The largest absolute Gasteiger partial charge is 0.466 e. The van der Waals surface area contributed by atoms with Crippen molar-refractivity contribution in [3.8, 4) is 0 Å². The Bertz CT molecular complexity index is 667. The molecule has 2 rings (SSSR count). The summed E-state index contributed by atoms with van der Waals surface area (Å²) in [5.74, 6) is 0.752. The van der Waals surface area contributed by atoms with E-state index in [1.54, 1.807) is 36.6 Å². The number of rotatable bonds is 5. The molecule has 0 aliphatic heterocycles. The Labute approximate surface area is 120 Å². The molecule has 102 valence electrons. The zero-order chi connectivity index (χ0) is 13.9. The number of nitrogens with one attached hydrogen (secondary N) is 2. The van der Waals surface area contributed by atoms with Crippen LogP contribution in [0.5, 0.6) is 0 Å². The molecule has 0 aliphatic carbocycles. The van der Waals surface area contributed by atoms with Gasteiger partial charge in [-0.1, -0.05) is 6.07 Å². The van der Waals surface area contributed by atoms with Crippen LogP contribution in [0.2, 0.25) is 0 Å². The fourth-order valence-electron chi connectivity index (χ4n) is 1.52. The lowest BCUT2D eigenvalue weighted by atomic mass is 10.3. The minimum absolute atomic E-state index is 0.221. The maximum atomic E-state index is 11.7. The topological polar surface area (TPSA) is 71.3 Å². The third-order valence-corrected chi connectivity index (χ3v) is 4.68. The summed E-state index contributed by atoms with van der Waals surface area (Å²) in [5.41, 5.74) is 0.708. The molecule has 0 fully saturated rings. The van der Waals surface area contributed by atoms with Gasteiger partial charge in [0.1, 0.15) is 5.76 Å². The van der Waals surface area contributed by atoms with Crippen molar-refractivity contribution in [3.63, 3.8) is 0 Å². The molecule has 0 atom stereocenters. The third-order valence-electron chi connectivity index (χ3n) is 2.56. The first kappa shape index (κ1) is 14.1. The second-order valence-corrected chi connectivity index (χ2v) is 6.52. The summed E-state index contributed by atoms with van der Waals surface area (Å²) in [7, 11) is -2.04. The molecule has 1 aromatic carbocycles. The molecule has 19 heavy (non-hydrogen) atoms. The molecule has 1 aromatic heterocycles. The number of hydrogen-bond donors (Lipinski definition) is 2. The van der Waals surface area contributed by atoms with Crippen molar-refractivity contribution in [1.82, 2.24) is 4.72 Å². The number of anilines is 1. The van der Waals surface area contributed by atoms with Gasteiger partial charge in [-0.15, -0.1) is 0 Å². The first-order chi connectivity index (χ1) is 9.03. The SMILES string of the molecule is CNS(=O)(=O)c1cccc(NCc2occc2Br)c1. The molecule has 2 aromatic rings. The third kappa shape index (κ3) is 3.37. The summed E-state index contributed by atoms with van der Waals surface area (Å²) >= 11 is 3.36. The molecule has 0 unspecified atom stereocenters. The zero-order valence-electron chi connectivity index (χ0n) is 10.2. The van der Waals surface area contributed by atoms with E-state index < -0.39 is 10.0 Å². The van der Waals surface area contributed by atoms with Gasteiger partial charge < -0.3 is 9.73 Å². The number of sulfonamides is 1. The van der Waals surface area contributed by atoms with E-state index in [9.17, 15) is 8.42 Å². The Morgan fingerprint density at radius 3 is 2.74 bits per heavy atom. The smallest absolute Gasteiger partial charge is 0.240 e. The van der Waals surface area contributed by atoms with Crippen molar-refractivity contribution in [1.29, 1.82) is 0 Å². The van der Waals surface area contributed by atoms with Gasteiger partial charge in [0.2, 0.25) is 10.0 Å². The van der Waals surface area contributed by atoms with E-state index in [-0.39, 0.29) is 4.90 Å². The maximum absolute atomic E-state index is 11.7. The van der Waals surface area contributed by atoms with Crippen LogP contribution >= 0.6 is 15.9 Å². The lowest BCUT2D eigenvalue weighted by Crippen LogP contribution is -2.18. The van der Waals surface area contributed by atoms with E-state index >= 15 is 0 Å². The van der Waals surface area contributed by atoms with Crippen LogP contribution in [0.1, 0.15) is 5.76 Å². The van der Waals surface area contributed by atoms with Gasteiger partial charge in [0.25, 0.3) is 0 Å². The van der Waals surface area contributed by atoms with Crippen molar-refractivity contribution in [2.24, 2.45) is 0 Å². The number of halogens is 1. The summed E-state index contributed by atoms with van der Waals surface area (Å²) in [4.78, 5) is 0.221. The predicted octanol–water partition coefficient (Wildman–Crippen LogP) is 2.56. The van der Waals surface area contributed by atoms with Crippen molar-refractivity contribution < 1.29 is 12.8 Å². The number of benzene rings is 1. The van der Waals surface area contributed by atoms with Gasteiger partial charge in [0, 0.05) is 5.69 Å². The normalized spacial score (nSPS) is 11.5. The van der Waals surface area contributed by atoms with Gasteiger partial charge in [-0.3, -0.25) is 0 Å². The highest BCUT2D eigenvalue weighted by Crippen LogP contribution is 2.20. The second-order valence-electron chi connectivity index (χ2n) is 3.78. The van der Waals surface area contributed by atoms with Crippen LogP contribution in [0.3, 0.4) is 0 Å². The first-order valence-electron chi connectivity index (χ1n) is 5.52. The summed E-state index contributed by atoms with van der Waals surface area (Å²) in [6, 6.07) is 8.40. The molecule has 5 nitrogen and oxygen atoms in total. The summed E-state index contributed by atoms with van der Waals surface area (Å²) in [5, 5.41) is 3.11. The van der Waals surface area contributed by atoms with Crippen LogP contribution in [0.15, 0.2) is 50.4 Å². The first-order valence-corrected chi connectivity index (χ1v) is 7.80. The number of hydrogen-bond acceptors (Lipinski definition) is 4. The van der Waals surface area contributed by atoms with Gasteiger partial charge in [-0.25, -0.2) is 13.1 Å². The van der Waals surface area contributed by atoms with Gasteiger partial charge in [0.05, 0.1) is 22.2 Å². The summed E-state index contributed by atoms with van der Waals surface area (Å²) < 4.78 is 31.8. The highest BCUT2D eigenvalue weighted by Gasteiger charge is 2.11. The molecule has 0 radical (unpaired) electrons. The molecule has 0 bridgehead atoms. The molecule has 0 aliphatic rings. The standard InChI is InChI=1S/C12H13BrN2O3S/c1-14-19(16,17)10-4-2-3-9(7-10)15-8-12-11(13)5-6-18-12/h2-7,14-15H,8H2,1H3. The molecular weight excluding hydrogens is 332 g/mol. The molecule has 0 saturated heterocycles. The van der Waals surface area contributed by atoms with Gasteiger partial charge in [-0.05, 0) is 47.2 Å². The Morgan fingerprint density at radius 2 is 2.11 bits per heavy atom. The molecule has 0 saturated carbocycles. The van der Waals surface area contributed by atoms with Crippen molar-refractivity contribution >= 4 is 31.6 Å². The van der Waals surface area contributed by atoms with E-state index in [0.29, 0.717) is 12.2 Å². The van der Waals surface area contributed by atoms with Gasteiger partial charge in [0.15, 0.2) is 0 Å². The maximum Gasteiger partial charge on any atom is 0.240 e. The predicted molar refractivity (Wildman–Crippen MR) is 76.4 cm³/mol. The molecule has 2 N–H and O–H groups in total. The quantitative estimate of drug-likeness (QED) is 0.874. The molecule has 0 amide bonds. The minimum Gasteiger partial charge on any atom is -0.466 e. The van der Waals surface area contributed by atoms with Crippen LogP contribution in [0, 0.1) is 0 Å². The van der Waals surface area contributed by atoms with Crippen LogP contribution in [0.25, 0.3) is 0 Å². The number of furan rings is 1. The fraction of sp³-hybridized carbons (Fsp3) is 0.167. The van der Waals surface area contributed by atoms with Crippen LogP contribution in [0.4, 0.5) is 5.69 Å². The van der Waals surface area contributed by atoms with E-state index in [2.05, 4.69) is 26.0 Å². The summed E-state index contributed by atoms with van der Waals surface area (Å²) in [6.07, 6.45) is 1.59. The zero-order valence-corrected chi connectivity index (χ0v) is 12.6.